The monoisotopic (exact) mass is 401 g/mol. The van der Waals surface area contributed by atoms with Gasteiger partial charge in [-0.15, -0.1) is 10.2 Å². The van der Waals surface area contributed by atoms with Crippen LogP contribution in [-0.2, 0) is 11.3 Å². The average molecular weight is 402 g/mol. The molecule has 0 radical (unpaired) electrons. The molecule has 3 N–H and O–H groups in total. The maximum absolute atomic E-state index is 12.0. The van der Waals surface area contributed by atoms with Crippen molar-refractivity contribution in [3.63, 3.8) is 0 Å². The number of benzene rings is 1. The van der Waals surface area contributed by atoms with Gasteiger partial charge in [-0.2, -0.15) is 0 Å². The van der Waals surface area contributed by atoms with Gasteiger partial charge in [0.2, 0.25) is 0 Å². The Morgan fingerprint density at radius 1 is 1.14 bits per heavy atom. The summed E-state index contributed by atoms with van der Waals surface area (Å²) >= 11 is 0. The van der Waals surface area contributed by atoms with Gasteiger partial charge >= 0.3 is 6.09 Å². The minimum Gasteiger partial charge on any atom is -0.444 e. The Morgan fingerprint density at radius 2 is 1.83 bits per heavy atom. The van der Waals surface area contributed by atoms with Crippen molar-refractivity contribution in [1.82, 2.24) is 30.7 Å². The number of nitrogens with zero attached hydrogens (tertiary/aromatic N) is 4. The van der Waals surface area contributed by atoms with Crippen LogP contribution in [0.3, 0.4) is 0 Å². The summed E-state index contributed by atoms with van der Waals surface area (Å²) in [7, 11) is 1.69. The number of aromatic nitrogens is 3. The first-order valence-corrected chi connectivity index (χ1v) is 9.50. The van der Waals surface area contributed by atoms with Crippen molar-refractivity contribution in [3.8, 4) is 5.69 Å². The molecule has 0 saturated heterocycles. The van der Waals surface area contributed by atoms with Crippen molar-refractivity contribution in [3.05, 3.63) is 42.5 Å². The van der Waals surface area contributed by atoms with Crippen LogP contribution in [0.1, 0.15) is 40.4 Å². The van der Waals surface area contributed by atoms with Crippen molar-refractivity contribution in [2.24, 2.45) is 4.99 Å². The molecule has 0 aliphatic carbocycles. The number of carbonyl (C=O) groups is 1. The Balaban J connectivity index is 1.89. The minimum absolute atomic E-state index is 0.439. The molecule has 0 aliphatic heterocycles. The third kappa shape index (κ3) is 7.44. The molecule has 2 aromatic rings. The van der Waals surface area contributed by atoms with Crippen LogP contribution in [0.5, 0.6) is 0 Å². The van der Waals surface area contributed by atoms with E-state index in [0.29, 0.717) is 19.0 Å². The van der Waals surface area contributed by atoms with Gasteiger partial charge in [0.05, 0.1) is 12.1 Å². The lowest BCUT2D eigenvalue weighted by Crippen LogP contribution is -2.54. The van der Waals surface area contributed by atoms with E-state index >= 15 is 0 Å². The van der Waals surface area contributed by atoms with E-state index in [0.717, 1.165) is 11.5 Å². The van der Waals surface area contributed by atoms with Crippen LogP contribution in [0.25, 0.3) is 5.69 Å². The highest BCUT2D eigenvalue weighted by molar-refractivity contribution is 5.79. The lowest BCUT2D eigenvalue weighted by Gasteiger charge is -2.29. The van der Waals surface area contributed by atoms with Gasteiger partial charge in [0, 0.05) is 19.3 Å². The summed E-state index contributed by atoms with van der Waals surface area (Å²) in [4.78, 5) is 16.2. The van der Waals surface area contributed by atoms with Crippen LogP contribution < -0.4 is 16.0 Å². The molecule has 9 heteroatoms. The number of para-hydroxylation sites is 1. The summed E-state index contributed by atoms with van der Waals surface area (Å²) in [6, 6.07) is 9.87. The van der Waals surface area contributed by atoms with Crippen molar-refractivity contribution in [2.45, 2.75) is 52.3 Å². The van der Waals surface area contributed by atoms with E-state index in [4.69, 9.17) is 4.74 Å². The van der Waals surface area contributed by atoms with Gasteiger partial charge in [0.1, 0.15) is 11.9 Å². The number of alkyl carbamates (subject to hydrolysis) is 1. The predicted molar refractivity (Wildman–Crippen MR) is 113 cm³/mol. The van der Waals surface area contributed by atoms with Crippen LogP contribution >= 0.6 is 0 Å². The molecule has 9 nitrogen and oxygen atoms in total. The summed E-state index contributed by atoms with van der Waals surface area (Å²) in [6.45, 7) is 10.2. The molecule has 0 aliphatic rings. The molecule has 29 heavy (non-hydrogen) atoms. The standard InChI is InChI=1S/C20H31N7O2/c1-19(2,3)29-18(28)25-20(4,5)13-23-17(21-6)22-12-16-26-24-14-27(16)15-10-8-7-9-11-15/h7-11,14H,12-13H2,1-6H3,(H,25,28)(H2,21,22,23). The molecule has 0 bridgehead atoms. The number of ether oxygens (including phenoxy) is 1. The Bertz CT molecular complexity index is 823. The number of rotatable bonds is 6. The fourth-order valence-corrected chi connectivity index (χ4v) is 2.50. The third-order valence-electron chi connectivity index (χ3n) is 3.83. The fraction of sp³-hybridized carbons (Fsp3) is 0.500. The number of carbonyl (C=O) groups excluding carboxylic acids is 1. The normalized spacial score (nSPS) is 12.4. The molecule has 0 atom stereocenters. The van der Waals surface area contributed by atoms with Gasteiger partial charge < -0.3 is 20.7 Å². The fourth-order valence-electron chi connectivity index (χ4n) is 2.50. The second-order valence-corrected chi connectivity index (χ2v) is 8.24. The number of hydrogen-bond acceptors (Lipinski definition) is 5. The molecular weight excluding hydrogens is 370 g/mol. The summed E-state index contributed by atoms with van der Waals surface area (Å²) in [6.07, 6.45) is 1.22. The average Bonchev–Trinajstić information content (AvgIpc) is 3.09. The lowest BCUT2D eigenvalue weighted by atomic mass is 10.1. The highest BCUT2D eigenvalue weighted by Gasteiger charge is 2.24. The second kappa shape index (κ2) is 9.40. The minimum atomic E-state index is -0.542. The van der Waals surface area contributed by atoms with Crippen LogP contribution in [0.2, 0.25) is 0 Å². The van der Waals surface area contributed by atoms with Gasteiger partial charge in [0.15, 0.2) is 11.8 Å². The van der Waals surface area contributed by atoms with Gasteiger partial charge in [-0.1, -0.05) is 18.2 Å². The summed E-state index contributed by atoms with van der Waals surface area (Å²) in [5.41, 5.74) is -0.0934. The topological polar surface area (TPSA) is 105 Å². The maximum atomic E-state index is 12.0. The maximum Gasteiger partial charge on any atom is 0.408 e. The van der Waals surface area contributed by atoms with E-state index in [1.165, 1.54) is 0 Å². The molecule has 0 saturated carbocycles. The number of guanidine groups is 1. The summed E-state index contributed by atoms with van der Waals surface area (Å²) < 4.78 is 7.23. The first kappa shape index (κ1) is 22.2. The molecule has 1 aromatic heterocycles. The first-order chi connectivity index (χ1) is 13.6. The highest BCUT2D eigenvalue weighted by atomic mass is 16.6. The quantitative estimate of drug-likeness (QED) is 0.506. The largest absolute Gasteiger partial charge is 0.444 e. The summed E-state index contributed by atoms with van der Waals surface area (Å²) in [5.74, 6) is 1.34. The van der Waals surface area contributed by atoms with Crippen molar-refractivity contribution < 1.29 is 9.53 Å². The van der Waals surface area contributed by atoms with E-state index in [2.05, 4.69) is 31.1 Å². The van der Waals surface area contributed by atoms with Gasteiger partial charge in [-0.25, -0.2) is 4.79 Å². The number of aliphatic imine (C=N–C) groups is 1. The number of nitrogens with one attached hydrogen (secondary N) is 3. The van der Waals surface area contributed by atoms with Crippen LogP contribution in [0.4, 0.5) is 4.79 Å². The lowest BCUT2D eigenvalue weighted by molar-refractivity contribution is 0.0474. The van der Waals surface area contributed by atoms with E-state index in [1.807, 2.05) is 69.5 Å². The van der Waals surface area contributed by atoms with Crippen molar-refractivity contribution in [2.75, 3.05) is 13.6 Å². The molecule has 2 rings (SSSR count). The molecular formula is C20H31N7O2. The van der Waals surface area contributed by atoms with Crippen molar-refractivity contribution >= 4 is 12.1 Å². The third-order valence-corrected chi connectivity index (χ3v) is 3.83. The van der Waals surface area contributed by atoms with E-state index in [9.17, 15) is 4.79 Å². The molecule has 1 amide bonds. The number of amides is 1. The van der Waals surface area contributed by atoms with Crippen LogP contribution in [0.15, 0.2) is 41.7 Å². The van der Waals surface area contributed by atoms with E-state index in [-0.39, 0.29) is 0 Å². The number of hydrogen-bond donors (Lipinski definition) is 3. The molecule has 1 heterocycles. The smallest absolute Gasteiger partial charge is 0.408 e. The van der Waals surface area contributed by atoms with E-state index in [1.54, 1.807) is 13.4 Å². The molecule has 0 fully saturated rings. The Labute approximate surface area is 172 Å². The predicted octanol–water partition coefficient (Wildman–Crippen LogP) is 2.24. The molecule has 158 valence electrons. The van der Waals surface area contributed by atoms with Gasteiger partial charge in [0.25, 0.3) is 0 Å². The molecule has 0 spiro atoms. The van der Waals surface area contributed by atoms with Gasteiger partial charge in [-0.05, 0) is 46.8 Å². The van der Waals surface area contributed by atoms with Crippen molar-refractivity contribution in [1.29, 1.82) is 0 Å². The molecule has 1 aromatic carbocycles. The SMILES string of the molecule is CN=C(NCc1nncn1-c1ccccc1)NCC(C)(C)NC(=O)OC(C)(C)C. The Hall–Kier alpha value is -3.10. The second-order valence-electron chi connectivity index (χ2n) is 8.24. The van der Waals surface area contributed by atoms with E-state index < -0.39 is 17.2 Å². The van der Waals surface area contributed by atoms with Crippen LogP contribution in [-0.4, -0.2) is 51.5 Å². The van der Waals surface area contributed by atoms with Gasteiger partial charge in [-0.3, -0.25) is 9.56 Å². The Kier molecular flexibility index (Phi) is 7.19. The zero-order valence-corrected chi connectivity index (χ0v) is 18.0. The highest BCUT2D eigenvalue weighted by Crippen LogP contribution is 2.10. The van der Waals surface area contributed by atoms with Crippen LogP contribution in [0, 0.1) is 0 Å². The molecule has 0 unspecified atom stereocenters. The zero-order valence-electron chi connectivity index (χ0n) is 18.0. The summed E-state index contributed by atoms with van der Waals surface area (Å²) in [5, 5.41) is 17.5. The zero-order chi connectivity index (χ0) is 21.5. The first-order valence-electron chi connectivity index (χ1n) is 9.50. The Morgan fingerprint density at radius 3 is 2.45 bits per heavy atom.